The fraction of sp³-hybridized carbons (Fsp3) is 0.200. The number of hydrogen-bond donors (Lipinski definition) is 1. The van der Waals surface area contributed by atoms with Crippen molar-refractivity contribution in [2.24, 2.45) is 10.8 Å². The molecular weight excluding hydrogens is 900 g/mol. The molecule has 69 heavy (non-hydrogen) atoms. The van der Waals surface area contributed by atoms with E-state index in [1.165, 1.54) is 17.5 Å². The first-order chi connectivity index (χ1) is 33.2. The van der Waals surface area contributed by atoms with Crippen LogP contribution in [0.1, 0.15) is 61.6 Å². The number of aromatic hydroxyl groups is 1. The van der Waals surface area contributed by atoms with Gasteiger partial charge in [0.05, 0.1) is 12.8 Å². The molecule has 2 aromatic heterocycles. The maximum atomic E-state index is 14.0. The Morgan fingerprint density at radius 2 is 0.942 bits per heavy atom. The zero-order valence-electron chi connectivity index (χ0n) is 39.1. The second-order valence-corrected chi connectivity index (χ2v) is 20.7. The summed E-state index contributed by atoms with van der Waals surface area (Å²) in [5.41, 5.74) is 14.2. The molecular formula is C60H52Cl2N2O5. The summed E-state index contributed by atoms with van der Waals surface area (Å²) >= 11 is 12.7. The number of carbonyl (C=O) groups is 2. The lowest BCUT2D eigenvalue weighted by atomic mass is 9.86. The van der Waals surface area contributed by atoms with E-state index in [1.54, 1.807) is 24.3 Å². The van der Waals surface area contributed by atoms with Crippen molar-refractivity contribution < 1.29 is 24.2 Å². The van der Waals surface area contributed by atoms with Gasteiger partial charge in [-0.2, -0.15) is 0 Å². The Labute approximate surface area is 413 Å². The Balaban J connectivity index is 0.858. The minimum atomic E-state index is -0.441. The van der Waals surface area contributed by atoms with Gasteiger partial charge in [0, 0.05) is 74.2 Å². The minimum absolute atomic E-state index is 0.00531. The number of phenols is 1. The third-order valence-corrected chi connectivity index (χ3v) is 13.7. The van der Waals surface area contributed by atoms with Gasteiger partial charge in [-0.25, -0.2) is 0 Å². The zero-order chi connectivity index (χ0) is 48.0. The average molecular weight is 952 g/mol. The summed E-state index contributed by atoms with van der Waals surface area (Å²) in [4.78, 5) is 27.8. The van der Waals surface area contributed by atoms with Crippen LogP contribution < -0.4 is 9.47 Å². The molecule has 9 heteroatoms. The van der Waals surface area contributed by atoms with E-state index in [2.05, 4.69) is 61.1 Å². The van der Waals surface area contributed by atoms with Crippen LogP contribution in [0.3, 0.4) is 0 Å². The highest BCUT2D eigenvalue weighted by Gasteiger charge is 2.38. The molecule has 7 nitrogen and oxygen atoms in total. The molecule has 8 aromatic rings. The molecule has 0 bridgehead atoms. The predicted octanol–water partition coefficient (Wildman–Crippen LogP) is 14.6. The fourth-order valence-electron chi connectivity index (χ4n) is 10.3. The molecule has 0 saturated heterocycles. The molecule has 0 fully saturated rings. The lowest BCUT2D eigenvalue weighted by molar-refractivity contribution is -0.134. The molecule has 2 aliphatic rings. The van der Waals surface area contributed by atoms with Gasteiger partial charge in [0.2, 0.25) is 0 Å². The molecule has 0 saturated carbocycles. The number of hydrogen-bond acceptors (Lipinski definition) is 5. The van der Waals surface area contributed by atoms with Gasteiger partial charge in [-0.3, -0.25) is 9.59 Å². The Morgan fingerprint density at radius 1 is 0.522 bits per heavy atom. The molecule has 2 aliphatic heterocycles. The highest BCUT2D eigenvalue weighted by atomic mass is 35.5. The molecule has 0 unspecified atom stereocenters. The maximum Gasteiger partial charge on any atom is 0.317 e. The number of phenolic OH excluding ortho intramolecular Hbond substituents is 1. The molecule has 0 atom stereocenters. The van der Waals surface area contributed by atoms with Crippen molar-refractivity contribution in [3.05, 3.63) is 196 Å². The van der Waals surface area contributed by atoms with E-state index >= 15 is 0 Å². The number of aromatic nitrogens is 2. The highest BCUT2D eigenvalue weighted by molar-refractivity contribution is 6.31. The van der Waals surface area contributed by atoms with Crippen molar-refractivity contribution >= 4 is 47.3 Å². The second-order valence-electron chi connectivity index (χ2n) is 19.9. The van der Waals surface area contributed by atoms with Gasteiger partial charge in [-0.15, -0.1) is 0 Å². The predicted molar refractivity (Wildman–Crippen MR) is 278 cm³/mol. The molecule has 6 aromatic carbocycles. The van der Waals surface area contributed by atoms with Crippen LogP contribution >= 0.6 is 23.2 Å². The molecule has 0 aliphatic carbocycles. The topological polar surface area (TPSA) is 82.7 Å². The number of rotatable bonds is 12. The standard InChI is InChI=1S/C60H52Cl2N2O5/c1-59(2)34-51-57(40-11-7-5-8-12-40)55(42-19-23-44(61)24-20-42)49(63(51)36-59)32-53(66)68-47-27-17-38(18-28-47)15-16-39-29-46(65)31-48(30-39)69-54(67)33-50-56(43-21-25-45(62)26-22-43)58(41-13-9-6-10-14-41)52-35-60(3,4)37-64(50)52/h5-31,65H,32-37H2,1-4H3/b16-15+. The average Bonchev–Trinajstić information content (AvgIpc) is 3.99. The first-order valence-electron chi connectivity index (χ1n) is 23.3. The van der Waals surface area contributed by atoms with E-state index in [0.717, 1.165) is 87.4 Å². The molecule has 4 heterocycles. The lowest BCUT2D eigenvalue weighted by Crippen LogP contribution is -2.18. The van der Waals surface area contributed by atoms with Crippen LogP contribution in [-0.4, -0.2) is 26.2 Å². The molecule has 0 spiro atoms. The van der Waals surface area contributed by atoms with Crippen molar-refractivity contribution in [2.45, 2.75) is 66.5 Å². The van der Waals surface area contributed by atoms with Crippen LogP contribution in [0.25, 0.3) is 56.7 Å². The summed E-state index contributed by atoms with van der Waals surface area (Å²) in [6.45, 7) is 10.6. The van der Waals surface area contributed by atoms with Gasteiger partial charge in [-0.1, -0.05) is 160 Å². The number of fused-ring (bicyclic) bond motifs is 2. The monoisotopic (exact) mass is 950 g/mol. The van der Waals surface area contributed by atoms with E-state index in [-0.39, 0.29) is 41.1 Å². The van der Waals surface area contributed by atoms with Gasteiger partial charge < -0.3 is 23.7 Å². The van der Waals surface area contributed by atoms with E-state index < -0.39 is 5.97 Å². The molecule has 1 N–H and O–H groups in total. The Hall–Kier alpha value is -7.06. The molecule has 346 valence electrons. The summed E-state index contributed by atoms with van der Waals surface area (Å²) < 4.78 is 16.6. The van der Waals surface area contributed by atoms with Gasteiger partial charge in [0.1, 0.15) is 17.2 Å². The number of benzene rings is 6. The van der Waals surface area contributed by atoms with Crippen molar-refractivity contribution in [2.75, 3.05) is 0 Å². The minimum Gasteiger partial charge on any atom is -0.508 e. The SMILES string of the molecule is CC1(C)Cc2c(-c3ccccc3)c(-c3ccc(Cl)cc3)c(CC(=O)Oc3ccc(/C=C/c4cc(O)cc(OC(=O)Cc5c(-c6ccc(Cl)cc6)c(-c6ccccc6)c6n5CC(C)(C)C6)c4)cc3)n2C1. The molecule has 10 rings (SSSR count). The highest BCUT2D eigenvalue weighted by Crippen LogP contribution is 2.49. The van der Waals surface area contributed by atoms with Crippen LogP contribution in [0.4, 0.5) is 0 Å². The first-order valence-corrected chi connectivity index (χ1v) is 24.1. The second kappa shape index (κ2) is 18.4. The number of ether oxygens (including phenoxy) is 2. The van der Waals surface area contributed by atoms with Gasteiger partial charge in [-0.05, 0) is 106 Å². The Kier molecular flexibility index (Phi) is 12.2. The van der Waals surface area contributed by atoms with Crippen LogP contribution in [0.15, 0.2) is 152 Å². The molecule has 0 radical (unpaired) electrons. The first kappa shape index (κ1) is 45.7. The lowest BCUT2D eigenvalue weighted by Gasteiger charge is -2.19. The normalized spacial score (nSPS) is 14.5. The van der Waals surface area contributed by atoms with Crippen molar-refractivity contribution in [3.8, 4) is 61.8 Å². The van der Waals surface area contributed by atoms with Gasteiger partial charge in [0.25, 0.3) is 0 Å². The van der Waals surface area contributed by atoms with Crippen LogP contribution in [-0.2, 0) is 48.4 Å². The number of nitrogens with zero attached hydrogens (tertiary/aromatic N) is 2. The van der Waals surface area contributed by atoms with Crippen LogP contribution in [0.5, 0.6) is 17.2 Å². The quantitative estimate of drug-likeness (QED) is 0.0749. The largest absolute Gasteiger partial charge is 0.508 e. The number of esters is 2. The maximum absolute atomic E-state index is 14.0. The van der Waals surface area contributed by atoms with Gasteiger partial charge in [0.15, 0.2) is 0 Å². The number of halogens is 2. The fourth-order valence-corrected chi connectivity index (χ4v) is 10.6. The van der Waals surface area contributed by atoms with E-state index in [9.17, 15) is 14.7 Å². The van der Waals surface area contributed by atoms with E-state index in [1.807, 2.05) is 109 Å². The van der Waals surface area contributed by atoms with E-state index in [4.69, 9.17) is 32.7 Å². The summed E-state index contributed by atoms with van der Waals surface area (Å²) in [6, 6.07) is 48.3. The van der Waals surface area contributed by atoms with Crippen molar-refractivity contribution in [3.63, 3.8) is 0 Å². The third kappa shape index (κ3) is 9.67. The Morgan fingerprint density at radius 3 is 1.41 bits per heavy atom. The summed E-state index contributed by atoms with van der Waals surface area (Å²) in [6.07, 6.45) is 5.58. The van der Waals surface area contributed by atoms with E-state index in [0.29, 0.717) is 21.4 Å². The number of carbonyl (C=O) groups excluding carboxylic acids is 2. The molecule has 0 amide bonds. The summed E-state index contributed by atoms with van der Waals surface area (Å²) in [5, 5.41) is 12.1. The smallest absolute Gasteiger partial charge is 0.317 e. The zero-order valence-corrected chi connectivity index (χ0v) is 40.6. The van der Waals surface area contributed by atoms with Crippen LogP contribution in [0.2, 0.25) is 10.0 Å². The van der Waals surface area contributed by atoms with Crippen molar-refractivity contribution in [1.29, 1.82) is 0 Å². The summed E-state index contributed by atoms with van der Waals surface area (Å²) in [5.74, 6) is -0.167. The van der Waals surface area contributed by atoms with Crippen LogP contribution in [0, 0.1) is 10.8 Å². The third-order valence-electron chi connectivity index (χ3n) is 13.2. The van der Waals surface area contributed by atoms with Crippen molar-refractivity contribution in [1.82, 2.24) is 9.13 Å². The van der Waals surface area contributed by atoms with Gasteiger partial charge >= 0.3 is 11.9 Å². The summed E-state index contributed by atoms with van der Waals surface area (Å²) in [7, 11) is 0. The Bertz CT molecular complexity index is 3260.